The molecule has 0 amide bonds. The Morgan fingerprint density at radius 2 is 2.16 bits per heavy atom. The molecule has 19 heavy (non-hydrogen) atoms. The summed E-state index contributed by atoms with van der Waals surface area (Å²) in [5.41, 5.74) is 0.764. The normalized spacial score (nSPS) is 20.1. The minimum Gasteiger partial charge on any atom is -0.369 e. The standard InChI is InChI=1S/C15H22ClFN2/c1-15(2,3)18-9-11-7-8-19(10-11)13-6-4-5-12(16)14(13)17/h4-6,11,18H,7-10H2,1-3H3. The van der Waals surface area contributed by atoms with E-state index in [1.54, 1.807) is 12.1 Å². The maximum absolute atomic E-state index is 14.0. The third kappa shape index (κ3) is 3.83. The zero-order valence-electron chi connectivity index (χ0n) is 11.8. The first-order valence-electron chi connectivity index (χ1n) is 6.81. The molecule has 2 nitrogen and oxygen atoms in total. The van der Waals surface area contributed by atoms with Gasteiger partial charge >= 0.3 is 0 Å². The Hall–Kier alpha value is -0.800. The second-order valence-electron chi connectivity index (χ2n) is 6.30. The van der Waals surface area contributed by atoms with Gasteiger partial charge in [0.15, 0.2) is 5.82 Å². The van der Waals surface area contributed by atoms with Crippen molar-refractivity contribution in [2.75, 3.05) is 24.5 Å². The van der Waals surface area contributed by atoms with E-state index >= 15 is 0 Å². The lowest BCUT2D eigenvalue weighted by molar-refractivity contribution is 0.383. The van der Waals surface area contributed by atoms with Crippen molar-refractivity contribution in [3.8, 4) is 0 Å². The Morgan fingerprint density at radius 3 is 2.84 bits per heavy atom. The van der Waals surface area contributed by atoms with Crippen molar-refractivity contribution in [2.45, 2.75) is 32.7 Å². The van der Waals surface area contributed by atoms with E-state index in [-0.39, 0.29) is 16.4 Å². The summed E-state index contributed by atoms with van der Waals surface area (Å²) in [6.45, 7) is 9.25. The molecule has 1 N–H and O–H groups in total. The molecule has 1 aromatic rings. The topological polar surface area (TPSA) is 15.3 Å². The summed E-state index contributed by atoms with van der Waals surface area (Å²) in [5.74, 6) is 0.270. The lowest BCUT2D eigenvalue weighted by Gasteiger charge is -2.24. The van der Waals surface area contributed by atoms with Crippen molar-refractivity contribution < 1.29 is 4.39 Å². The molecule has 1 heterocycles. The van der Waals surface area contributed by atoms with Crippen LogP contribution in [0.15, 0.2) is 18.2 Å². The van der Waals surface area contributed by atoms with Crippen molar-refractivity contribution in [3.63, 3.8) is 0 Å². The number of halogens is 2. The molecule has 1 aromatic carbocycles. The van der Waals surface area contributed by atoms with E-state index in [9.17, 15) is 4.39 Å². The lowest BCUT2D eigenvalue weighted by atomic mass is 10.1. The molecule has 2 rings (SSSR count). The second-order valence-corrected chi connectivity index (χ2v) is 6.71. The minimum atomic E-state index is -0.298. The van der Waals surface area contributed by atoms with E-state index in [4.69, 9.17) is 11.6 Å². The van der Waals surface area contributed by atoms with Gasteiger partial charge in [-0.15, -0.1) is 0 Å². The fourth-order valence-electron chi connectivity index (χ4n) is 2.41. The summed E-state index contributed by atoms with van der Waals surface area (Å²) in [7, 11) is 0. The minimum absolute atomic E-state index is 0.134. The molecular weight excluding hydrogens is 263 g/mol. The first-order chi connectivity index (χ1) is 8.87. The molecule has 1 saturated heterocycles. The Balaban J connectivity index is 1.97. The summed E-state index contributed by atoms with van der Waals surface area (Å²) >= 11 is 5.84. The summed E-state index contributed by atoms with van der Waals surface area (Å²) in [5, 5.41) is 3.72. The van der Waals surface area contributed by atoms with Gasteiger partial charge in [0.05, 0.1) is 10.7 Å². The van der Waals surface area contributed by atoms with Crippen LogP contribution in [0.4, 0.5) is 10.1 Å². The molecular formula is C15H22ClFN2. The molecule has 1 aliphatic heterocycles. The van der Waals surface area contributed by atoms with Gasteiger partial charge in [0.2, 0.25) is 0 Å². The average molecular weight is 285 g/mol. The SMILES string of the molecule is CC(C)(C)NCC1CCN(c2cccc(Cl)c2F)C1. The fourth-order valence-corrected chi connectivity index (χ4v) is 2.57. The van der Waals surface area contributed by atoms with Crippen LogP contribution in [-0.4, -0.2) is 25.2 Å². The van der Waals surface area contributed by atoms with Crippen LogP contribution in [-0.2, 0) is 0 Å². The number of anilines is 1. The van der Waals surface area contributed by atoms with Gasteiger partial charge in [0, 0.05) is 25.2 Å². The van der Waals surface area contributed by atoms with Crippen LogP contribution in [0, 0.1) is 11.7 Å². The van der Waals surface area contributed by atoms with Gasteiger partial charge < -0.3 is 10.2 Å². The summed E-state index contributed by atoms with van der Waals surface area (Å²) in [6.07, 6.45) is 1.09. The third-order valence-electron chi connectivity index (χ3n) is 3.48. The molecule has 1 aliphatic rings. The molecule has 1 fully saturated rings. The highest BCUT2D eigenvalue weighted by molar-refractivity contribution is 6.31. The van der Waals surface area contributed by atoms with Crippen molar-refractivity contribution in [1.82, 2.24) is 5.32 Å². The van der Waals surface area contributed by atoms with Gasteiger partial charge in [-0.2, -0.15) is 0 Å². The van der Waals surface area contributed by atoms with Crippen molar-refractivity contribution >= 4 is 17.3 Å². The number of hydrogen-bond donors (Lipinski definition) is 1. The first kappa shape index (κ1) is 14.6. The molecule has 0 spiro atoms. The van der Waals surface area contributed by atoms with Gasteiger partial charge in [-0.1, -0.05) is 17.7 Å². The van der Waals surface area contributed by atoms with E-state index in [0.29, 0.717) is 11.6 Å². The Bertz CT molecular complexity index is 442. The molecule has 0 aromatic heterocycles. The summed E-state index contributed by atoms with van der Waals surface area (Å²) in [4.78, 5) is 2.09. The number of benzene rings is 1. The van der Waals surface area contributed by atoms with Crippen LogP contribution in [0.5, 0.6) is 0 Å². The van der Waals surface area contributed by atoms with Crippen LogP contribution in [0.2, 0.25) is 5.02 Å². The molecule has 1 unspecified atom stereocenters. The summed E-state index contributed by atoms with van der Waals surface area (Å²) in [6, 6.07) is 5.21. The number of rotatable bonds is 3. The molecule has 1 atom stereocenters. The monoisotopic (exact) mass is 284 g/mol. The van der Waals surface area contributed by atoms with E-state index in [1.165, 1.54) is 0 Å². The number of hydrogen-bond acceptors (Lipinski definition) is 2. The van der Waals surface area contributed by atoms with E-state index in [1.807, 2.05) is 6.07 Å². The fraction of sp³-hybridized carbons (Fsp3) is 0.600. The van der Waals surface area contributed by atoms with Gasteiger partial charge in [0.25, 0.3) is 0 Å². The predicted octanol–water partition coefficient (Wildman–Crippen LogP) is 3.69. The van der Waals surface area contributed by atoms with Crippen LogP contribution >= 0.6 is 11.6 Å². The molecule has 0 bridgehead atoms. The Kier molecular flexibility index (Phi) is 4.36. The maximum Gasteiger partial charge on any atom is 0.165 e. The first-order valence-corrected chi connectivity index (χ1v) is 7.18. The smallest absolute Gasteiger partial charge is 0.165 e. The highest BCUT2D eigenvalue weighted by Crippen LogP contribution is 2.29. The van der Waals surface area contributed by atoms with Gasteiger partial charge in [-0.05, 0) is 45.2 Å². The summed E-state index contributed by atoms with van der Waals surface area (Å²) < 4.78 is 14.0. The number of nitrogens with zero attached hydrogens (tertiary/aromatic N) is 1. The van der Waals surface area contributed by atoms with Gasteiger partial charge in [-0.3, -0.25) is 0 Å². The molecule has 4 heteroatoms. The zero-order valence-corrected chi connectivity index (χ0v) is 12.6. The lowest BCUT2D eigenvalue weighted by Crippen LogP contribution is -2.39. The molecule has 0 saturated carbocycles. The zero-order chi connectivity index (χ0) is 14.0. The van der Waals surface area contributed by atoms with E-state index in [0.717, 1.165) is 26.1 Å². The quantitative estimate of drug-likeness (QED) is 0.911. The van der Waals surface area contributed by atoms with Crippen molar-refractivity contribution in [1.29, 1.82) is 0 Å². The molecule has 106 valence electrons. The second kappa shape index (κ2) is 5.68. The van der Waals surface area contributed by atoms with Crippen LogP contribution in [0.3, 0.4) is 0 Å². The Labute approximate surface area is 119 Å². The van der Waals surface area contributed by atoms with Crippen LogP contribution in [0.25, 0.3) is 0 Å². The largest absolute Gasteiger partial charge is 0.369 e. The predicted molar refractivity (Wildman–Crippen MR) is 79.5 cm³/mol. The maximum atomic E-state index is 14.0. The molecule has 0 radical (unpaired) electrons. The van der Waals surface area contributed by atoms with Crippen LogP contribution in [0.1, 0.15) is 27.2 Å². The number of nitrogens with one attached hydrogen (secondary N) is 1. The van der Waals surface area contributed by atoms with Gasteiger partial charge in [0.1, 0.15) is 0 Å². The van der Waals surface area contributed by atoms with Crippen LogP contribution < -0.4 is 10.2 Å². The molecule has 0 aliphatic carbocycles. The highest BCUT2D eigenvalue weighted by atomic mass is 35.5. The average Bonchev–Trinajstić information content (AvgIpc) is 2.78. The van der Waals surface area contributed by atoms with Crippen molar-refractivity contribution in [2.24, 2.45) is 5.92 Å². The van der Waals surface area contributed by atoms with Gasteiger partial charge in [-0.25, -0.2) is 4.39 Å². The van der Waals surface area contributed by atoms with Crippen molar-refractivity contribution in [3.05, 3.63) is 29.0 Å². The third-order valence-corrected chi connectivity index (χ3v) is 3.77. The Morgan fingerprint density at radius 1 is 1.42 bits per heavy atom. The van der Waals surface area contributed by atoms with E-state index in [2.05, 4.69) is 31.0 Å². The van der Waals surface area contributed by atoms with E-state index < -0.39 is 0 Å². The highest BCUT2D eigenvalue weighted by Gasteiger charge is 2.25.